The van der Waals surface area contributed by atoms with E-state index < -0.39 is 14.0 Å². The maximum absolute atomic E-state index is 8.19. The highest BCUT2D eigenvalue weighted by Gasteiger charge is 2.30. The highest BCUT2D eigenvalue weighted by molar-refractivity contribution is 6.16. The number of benzene rings is 5. The molecular weight excluding hydrogens is 516 g/mol. The van der Waals surface area contributed by atoms with Gasteiger partial charge in [0.1, 0.15) is 0 Å². The van der Waals surface area contributed by atoms with Crippen LogP contribution in [-0.4, -0.2) is 36.8 Å². The summed E-state index contributed by atoms with van der Waals surface area (Å²) in [6, 6.07) is 36.9. The standard InChI is InChI=1S/C36H30N6/c1-37-19-20-39(23-37)25-17-18-33-35(22-25)41(34-16-8-12-29-28-11-3-4-13-30(28)42(33)36(29)34)27-10-7-9-26(21-27)40-24-38(2)31-14-5-6-15-32(31)40/h3-22H,23-24H2,1-2H3/i1D3,2D3. The minimum atomic E-state index is -2.28. The number of rotatable bonds is 3. The fourth-order valence-electron chi connectivity index (χ4n) is 6.72. The van der Waals surface area contributed by atoms with Gasteiger partial charge in [-0.2, -0.15) is 0 Å². The monoisotopic (exact) mass is 552 g/mol. The SMILES string of the molecule is [2H]C([2H])([2H])N1C=CN(c2ccc3c(c2)N(c2cccc(N4CN(C([2H])([2H])[2H])c5ccccc54)c2)c2cccc4c5ccccc5n-3c24)C1. The topological polar surface area (TPSA) is 21.1 Å². The molecule has 6 nitrogen and oxygen atoms in total. The zero-order valence-corrected chi connectivity index (χ0v) is 22.6. The van der Waals surface area contributed by atoms with Gasteiger partial charge < -0.3 is 29.1 Å². The van der Waals surface area contributed by atoms with E-state index in [9.17, 15) is 0 Å². The maximum Gasteiger partial charge on any atom is 0.0950 e. The van der Waals surface area contributed by atoms with E-state index in [1.54, 1.807) is 12.4 Å². The Hall–Kier alpha value is -5.36. The Morgan fingerprint density at radius 1 is 0.571 bits per heavy atom. The molecule has 1 aromatic heterocycles. The van der Waals surface area contributed by atoms with Crippen molar-refractivity contribution in [1.29, 1.82) is 0 Å². The van der Waals surface area contributed by atoms with Gasteiger partial charge in [-0.25, -0.2) is 0 Å². The summed E-state index contributed by atoms with van der Waals surface area (Å²) in [5.41, 5.74) is 9.34. The molecule has 0 atom stereocenters. The van der Waals surface area contributed by atoms with Crippen molar-refractivity contribution in [2.24, 2.45) is 0 Å². The molecule has 4 heterocycles. The summed E-state index contributed by atoms with van der Waals surface area (Å²) in [4.78, 5) is 9.05. The Bertz CT molecular complexity index is 2290. The molecule has 204 valence electrons. The maximum atomic E-state index is 8.19. The second kappa shape index (κ2) is 8.57. The molecule has 42 heavy (non-hydrogen) atoms. The first-order valence-corrected chi connectivity index (χ1v) is 14.0. The van der Waals surface area contributed by atoms with Crippen LogP contribution in [0.15, 0.2) is 122 Å². The Morgan fingerprint density at radius 2 is 1.38 bits per heavy atom. The molecule has 9 rings (SSSR count). The van der Waals surface area contributed by atoms with Gasteiger partial charge in [0.05, 0.1) is 52.8 Å². The number of para-hydroxylation sites is 4. The lowest BCUT2D eigenvalue weighted by Gasteiger charge is -2.34. The van der Waals surface area contributed by atoms with Gasteiger partial charge in [-0.1, -0.05) is 48.5 Å². The number of aromatic nitrogens is 1. The molecule has 0 unspecified atom stereocenters. The van der Waals surface area contributed by atoms with E-state index in [-0.39, 0.29) is 13.3 Å². The van der Waals surface area contributed by atoms with Gasteiger partial charge >= 0.3 is 0 Å². The van der Waals surface area contributed by atoms with E-state index in [4.69, 9.17) is 8.22 Å². The number of fused-ring (bicyclic) bond motifs is 6. The van der Waals surface area contributed by atoms with Crippen LogP contribution in [0.1, 0.15) is 8.22 Å². The summed E-state index contributed by atoms with van der Waals surface area (Å²) in [6.07, 6.45) is 3.42. The predicted molar refractivity (Wildman–Crippen MR) is 175 cm³/mol. The first-order valence-electron chi connectivity index (χ1n) is 17.0. The summed E-state index contributed by atoms with van der Waals surface area (Å²) in [5.74, 6) is 0. The molecule has 5 aromatic carbocycles. The molecule has 0 saturated carbocycles. The molecule has 0 saturated heterocycles. The van der Waals surface area contributed by atoms with Gasteiger partial charge in [-0.15, -0.1) is 0 Å². The minimum absolute atomic E-state index is 0.200. The van der Waals surface area contributed by atoms with Crippen molar-refractivity contribution in [1.82, 2.24) is 9.47 Å². The molecule has 0 aliphatic carbocycles. The summed E-state index contributed by atoms with van der Waals surface area (Å²) >= 11 is 0. The molecule has 0 radical (unpaired) electrons. The third kappa shape index (κ3) is 3.20. The normalized spacial score (nSPS) is 18.0. The molecule has 3 aliphatic rings. The van der Waals surface area contributed by atoms with Crippen LogP contribution < -0.4 is 19.6 Å². The predicted octanol–water partition coefficient (Wildman–Crippen LogP) is 8.29. The average Bonchev–Trinajstić information content (AvgIpc) is 3.81. The van der Waals surface area contributed by atoms with Crippen molar-refractivity contribution in [2.45, 2.75) is 0 Å². The van der Waals surface area contributed by atoms with Gasteiger partial charge in [-0.3, -0.25) is 0 Å². The lowest BCUT2D eigenvalue weighted by Crippen LogP contribution is -2.24. The van der Waals surface area contributed by atoms with Gasteiger partial charge in [0.15, 0.2) is 0 Å². The number of nitrogens with zero attached hydrogens (tertiary/aromatic N) is 6. The van der Waals surface area contributed by atoms with Crippen LogP contribution in [0, 0.1) is 0 Å². The smallest absolute Gasteiger partial charge is 0.0950 e. The lowest BCUT2D eigenvalue weighted by molar-refractivity contribution is 0.496. The molecule has 6 aromatic rings. The summed E-state index contributed by atoms with van der Waals surface area (Å²) in [6.45, 7) is -4.10. The highest BCUT2D eigenvalue weighted by Crippen LogP contribution is 2.51. The first-order chi connectivity index (χ1) is 23.1. The average molecular weight is 553 g/mol. The van der Waals surface area contributed by atoms with Gasteiger partial charge in [0.2, 0.25) is 0 Å². The second-order valence-corrected chi connectivity index (χ2v) is 10.9. The van der Waals surface area contributed by atoms with E-state index in [0.717, 1.165) is 61.6 Å². The molecule has 0 bridgehead atoms. The van der Waals surface area contributed by atoms with Crippen LogP contribution in [0.2, 0.25) is 0 Å². The van der Waals surface area contributed by atoms with Crippen LogP contribution in [0.3, 0.4) is 0 Å². The van der Waals surface area contributed by atoms with Gasteiger partial charge in [0, 0.05) is 62.4 Å². The van der Waals surface area contributed by atoms with Crippen LogP contribution in [0.4, 0.5) is 39.8 Å². The van der Waals surface area contributed by atoms with Crippen molar-refractivity contribution < 1.29 is 8.22 Å². The molecule has 3 aliphatic heterocycles. The zero-order valence-electron chi connectivity index (χ0n) is 28.6. The quantitative estimate of drug-likeness (QED) is 0.219. The fourth-order valence-corrected chi connectivity index (χ4v) is 6.72. The van der Waals surface area contributed by atoms with Gasteiger partial charge in [-0.05, 0) is 60.7 Å². The molecular formula is C36H30N6. The fraction of sp³-hybridized carbons (Fsp3) is 0.111. The summed E-state index contributed by atoms with van der Waals surface area (Å²) in [7, 11) is 0. The molecule has 0 N–H and O–H groups in total. The molecule has 0 spiro atoms. The van der Waals surface area contributed by atoms with Crippen LogP contribution >= 0.6 is 0 Å². The Morgan fingerprint density at radius 3 is 2.29 bits per heavy atom. The van der Waals surface area contributed by atoms with Crippen molar-refractivity contribution in [3.05, 3.63) is 122 Å². The largest absolute Gasteiger partial charge is 0.361 e. The van der Waals surface area contributed by atoms with Crippen molar-refractivity contribution in [3.63, 3.8) is 0 Å². The number of anilines is 7. The Balaban J connectivity index is 1.23. The minimum Gasteiger partial charge on any atom is -0.361 e. The third-order valence-electron chi connectivity index (χ3n) is 8.56. The molecule has 0 fully saturated rings. The summed E-state index contributed by atoms with van der Waals surface area (Å²) in [5, 5.41) is 2.31. The summed E-state index contributed by atoms with van der Waals surface area (Å²) < 4.78 is 50.6. The van der Waals surface area contributed by atoms with E-state index >= 15 is 0 Å². The van der Waals surface area contributed by atoms with E-state index in [0.29, 0.717) is 5.69 Å². The van der Waals surface area contributed by atoms with Crippen LogP contribution in [0.5, 0.6) is 0 Å². The van der Waals surface area contributed by atoms with Gasteiger partial charge in [0.25, 0.3) is 0 Å². The Labute approximate surface area is 253 Å². The highest BCUT2D eigenvalue weighted by atomic mass is 15.4. The van der Waals surface area contributed by atoms with Crippen LogP contribution in [0.25, 0.3) is 27.5 Å². The number of hydrogen-bond donors (Lipinski definition) is 0. The number of hydrogen-bond acceptors (Lipinski definition) is 5. The zero-order chi connectivity index (χ0) is 32.9. The van der Waals surface area contributed by atoms with Crippen molar-refractivity contribution in [2.75, 3.05) is 46.9 Å². The van der Waals surface area contributed by atoms with Crippen LogP contribution in [-0.2, 0) is 0 Å². The molecule has 0 amide bonds. The lowest BCUT2D eigenvalue weighted by atomic mass is 10.1. The van der Waals surface area contributed by atoms with E-state index in [1.807, 2.05) is 52.3 Å². The van der Waals surface area contributed by atoms with E-state index in [1.165, 1.54) is 9.80 Å². The molecule has 6 heteroatoms. The Kier molecular flexibility index (Phi) is 3.70. The van der Waals surface area contributed by atoms with Crippen molar-refractivity contribution in [3.8, 4) is 5.69 Å². The first kappa shape index (κ1) is 18.1. The second-order valence-electron chi connectivity index (χ2n) is 10.9. The third-order valence-corrected chi connectivity index (χ3v) is 8.56. The van der Waals surface area contributed by atoms with E-state index in [2.05, 4.69) is 76.2 Å². The van der Waals surface area contributed by atoms with Crippen molar-refractivity contribution >= 4 is 61.6 Å².